The molecule has 1 unspecified atom stereocenters. The zero-order chi connectivity index (χ0) is 18.2. The highest BCUT2D eigenvalue weighted by Gasteiger charge is 2.24. The van der Waals surface area contributed by atoms with E-state index >= 15 is 0 Å². The van der Waals surface area contributed by atoms with Crippen molar-refractivity contribution in [3.63, 3.8) is 0 Å². The normalized spacial score (nSPS) is 24.2. The number of hydrogen-bond acceptors (Lipinski definition) is 2. The number of aryl methyl sites for hydroxylation is 1. The van der Waals surface area contributed by atoms with Crippen LogP contribution < -0.4 is 5.32 Å². The SMILES string of the molecule is C[C@@H]1CC[C@H](C)CC(NC(=O)OC(C)(C)C)C1.Cc1ccccc1. The van der Waals surface area contributed by atoms with Crippen molar-refractivity contribution in [3.8, 4) is 0 Å². The van der Waals surface area contributed by atoms with Gasteiger partial charge >= 0.3 is 6.09 Å². The van der Waals surface area contributed by atoms with Gasteiger partial charge in [0.25, 0.3) is 0 Å². The monoisotopic (exact) mass is 333 g/mol. The average Bonchev–Trinajstić information content (AvgIpc) is 2.59. The van der Waals surface area contributed by atoms with Crippen LogP contribution in [0.3, 0.4) is 0 Å². The maximum atomic E-state index is 11.7. The van der Waals surface area contributed by atoms with Crippen molar-refractivity contribution in [2.45, 2.75) is 78.9 Å². The van der Waals surface area contributed by atoms with Gasteiger partial charge in [-0.3, -0.25) is 0 Å². The summed E-state index contributed by atoms with van der Waals surface area (Å²) in [5.41, 5.74) is 0.911. The largest absolute Gasteiger partial charge is 0.444 e. The molecule has 3 atom stereocenters. The van der Waals surface area contributed by atoms with Crippen LogP contribution in [0.4, 0.5) is 4.79 Å². The molecule has 1 fully saturated rings. The van der Waals surface area contributed by atoms with E-state index in [0.717, 1.165) is 12.8 Å². The summed E-state index contributed by atoms with van der Waals surface area (Å²) in [7, 11) is 0. The summed E-state index contributed by atoms with van der Waals surface area (Å²) in [6.45, 7) is 12.3. The highest BCUT2D eigenvalue weighted by Crippen LogP contribution is 2.27. The molecular weight excluding hydrogens is 298 g/mol. The molecule has 0 bridgehead atoms. The first kappa shape index (κ1) is 20.5. The first-order valence-corrected chi connectivity index (χ1v) is 9.17. The number of nitrogens with one attached hydrogen (secondary N) is 1. The van der Waals surface area contributed by atoms with Gasteiger partial charge in [0.2, 0.25) is 0 Å². The van der Waals surface area contributed by atoms with Gasteiger partial charge in [-0.15, -0.1) is 0 Å². The predicted molar refractivity (Wildman–Crippen MR) is 101 cm³/mol. The van der Waals surface area contributed by atoms with Crippen LogP contribution in [-0.2, 0) is 4.74 Å². The fraction of sp³-hybridized carbons (Fsp3) is 0.667. The summed E-state index contributed by atoms with van der Waals surface area (Å²) >= 11 is 0. The van der Waals surface area contributed by atoms with Crippen LogP contribution in [0.5, 0.6) is 0 Å². The molecule has 0 spiro atoms. The Morgan fingerprint density at radius 2 is 1.54 bits per heavy atom. The van der Waals surface area contributed by atoms with Crippen LogP contribution in [-0.4, -0.2) is 17.7 Å². The second kappa shape index (κ2) is 9.71. The van der Waals surface area contributed by atoms with E-state index in [9.17, 15) is 4.79 Å². The first-order chi connectivity index (χ1) is 11.2. The van der Waals surface area contributed by atoms with Crippen molar-refractivity contribution in [2.24, 2.45) is 11.8 Å². The smallest absolute Gasteiger partial charge is 0.407 e. The zero-order valence-corrected chi connectivity index (χ0v) is 16.3. The maximum Gasteiger partial charge on any atom is 0.407 e. The van der Waals surface area contributed by atoms with E-state index in [1.165, 1.54) is 18.4 Å². The Bertz CT molecular complexity index is 466. The molecule has 136 valence electrons. The third-order valence-electron chi connectivity index (χ3n) is 4.19. The highest BCUT2D eigenvalue weighted by atomic mass is 16.6. The Morgan fingerprint density at radius 3 is 1.92 bits per heavy atom. The van der Waals surface area contributed by atoms with Gasteiger partial charge in [-0.25, -0.2) is 4.79 Å². The summed E-state index contributed by atoms with van der Waals surface area (Å²) in [5.74, 6) is 1.39. The van der Waals surface area contributed by atoms with Gasteiger partial charge in [0.1, 0.15) is 5.60 Å². The summed E-state index contributed by atoms with van der Waals surface area (Å²) in [5, 5.41) is 3.02. The number of rotatable bonds is 1. The lowest BCUT2D eigenvalue weighted by molar-refractivity contribution is 0.0494. The van der Waals surface area contributed by atoms with Gasteiger partial charge < -0.3 is 10.1 Å². The summed E-state index contributed by atoms with van der Waals surface area (Å²) < 4.78 is 5.30. The molecule has 24 heavy (non-hydrogen) atoms. The number of alkyl carbamates (subject to hydrolysis) is 1. The van der Waals surface area contributed by atoms with E-state index in [0.29, 0.717) is 11.8 Å². The van der Waals surface area contributed by atoms with Gasteiger partial charge in [0.05, 0.1) is 0 Å². The molecule has 2 rings (SSSR count). The minimum atomic E-state index is -0.411. The average molecular weight is 334 g/mol. The summed E-state index contributed by atoms with van der Waals surface area (Å²) in [4.78, 5) is 11.7. The lowest BCUT2D eigenvalue weighted by atomic mass is 10.0. The highest BCUT2D eigenvalue weighted by molar-refractivity contribution is 5.68. The number of ether oxygens (including phenoxy) is 1. The van der Waals surface area contributed by atoms with Crippen LogP contribution in [0.1, 0.15) is 65.9 Å². The molecule has 0 heterocycles. The molecule has 0 aliphatic heterocycles. The van der Waals surface area contributed by atoms with Crippen LogP contribution >= 0.6 is 0 Å². The molecule has 0 aromatic heterocycles. The van der Waals surface area contributed by atoms with Gasteiger partial charge in [-0.05, 0) is 52.4 Å². The minimum Gasteiger partial charge on any atom is -0.444 e. The number of amides is 1. The quantitative estimate of drug-likeness (QED) is 0.667. The van der Waals surface area contributed by atoms with E-state index < -0.39 is 5.60 Å². The van der Waals surface area contributed by atoms with Gasteiger partial charge in [0.15, 0.2) is 0 Å². The Hall–Kier alpha value is -1.51. The lowest BCUT2D eigenvalue weighted by Gasteiger charge is -2.24. The molecule has 3 nitrogen and oxygen atoms in total. The summed E-state index contributed by atoms with van der Waals surface area (Å²) in [6, 6.07) is 10.5. The van der Waals surface area contributed by atoms with Crippen molar-refractivity contribution in [1.82, 2.24) is 5.32 Å². The third-order valence-corrected chi connectivity index (χ3v) is 4.19. The van der Waals surface area contributed by atoms with Crippen molar-refractivity contribution in [1.29, 1.82) is 0 Å². The van der Waals surface area contributed by atoms with E-state index in [1.807, 2.05) is 39.0 Å². The third kappa shape index (κ3) is 9.59. The van der Waals surface area contributed by atoms with Gasteiger partial charge in [-0.1, -0.05) is 62.6 Å². The van der Waals surface area contributed by atoms with Gasteiger partial charge in [0, 0.05) is 6.04 Å². The van der Waals surface area contributed by atoms with Crippen LogP contribution in [0.2, 0.25) is 0 Å². The first-order valence-electron chi connectivity index (χ1n) is 9.17. The number of carbonyl (C=O) groups is 1. The van der Waals surface area contributed by atoms with Gasteiger partial charge in [-0.2, -0.15) is 0 Å². The fourth-order valence-corrected chi connectivity index (χ4v) is 3.00. The molecule has 0 saturated heterocycles. The molecule has 1 N–H and O–H groups in total. The molecule has 1 aromatic carbocycles. The number of carbonyl (C=O) groups excluding carboxylic acids is 1. The van der Waals surface area contributed by atoms with E-state index in [1.54, 1.807) is 0 Å². The summed E-state index contributed by atoms with van der Waals surface area (Å²) in [6.07, 6.45) is 4.41. The fourth-order valence-electron chi connectivity index (χ4n) is 3.00. The Balaban J connectivity index is 0.000000341. The zero-order valence-electron chi connectivity index (χ0n) is 16.3. The van der Waals surface area contributed by atoms with Crippen LogP contribution in [0, 0.1) is 18.8 Å². The van der Waals surface area contributed by atoms with Crippen molar-refractivity contribution >= 4 is 6.09 Å². The van der Waals surface area contributed by atoms with Crippen molar-refractivity contribution in [2.75, 3.05) is 0 Å². The number of benzene rings is 1. The molecule has 1 aliphatic carbocycles. The van der Waals surface area contributed by atoms with E-state index in [4.69, 9.17) is 4.74 Å². The second-order valence-electron chi connectivity index (χ2n) is 8.26. The maximum absolute atomic E-state index is 11.7. The molecule has 1 saturated carbocycles. The Labute approximate surface area is 148 Å². The predicted octanol–water partition coefficient (Wildman–Crippen LogP) is 5.72. The lowest BCUT2D eigenvalue weighted by Crippen LogP contribution is -2.40. The van der Waals surface area contributed by atoms with Crippen LogP contribution in [0.25, 0.3) is 0 Å². The molecular formula is C21H35NO2. The van der Waals surface area contributed by atoms with Crippen LogP contribution in [0.15, 0.2) is 30.3 Å². The Morgan fingerprint density at radius 1 is 1.04 bits per heavy atom. The van der Waals surface area contributed by atoms with Crippen molar-refractivity contribution < 1.29 is 9.53 Å². The molecule has 1 amide bonds. The second-order valence-corrected chi connectivity index (χ2v) is 8.26. The molecule has 3 heteroatoms. The molecule has 1 aromatic rings. The topological polar surface area (TPSA) is 38.3 Å². The van der Waals surface area contributed by atoms with E-state index in [-0.39, 0.29) is 12.1 Å². The van der Waals surface area contributed by atoms with E-state index in [2.05, 4.69) is 38.2 Å². The minimum absolute atomic E-state index is 0.274. The Kier molecular flexibility index (Phi) is 8.30. The molecule has 0 radical (unpaired) electrons. The van der Waals surface area contributed by atoms with Crippen molar-refractivity contribution in [3.05, 3.63) is 35.9 Å². The molecule has 1 aliphatic rings. The standard InChI is InChI=1S/C14H27NO2.C7H8/c1-10-6-7-11(2)9-12(8-10)15-13(16)17-14(3,4)5;1-7-5-3-2-4-6-7/h10-12H,6-9H2,1-5H3,(H,15,16);2-6H,1H3/t10-,11+,12?;. The number of hydrogen-bond donors (Lipinski definition) is 1.